The van der Waals surface area contributed by atoms with E-state index in [1.807, 2.05) is 0 Å². The van der Waals surface area contributed by atoms with Gasteiger partial charge in [-0.2, -0.15) is 0 Å². The largest absolute Gasteiger partial charge is 0.396 e. The lowest BCUT2D eigenvalue weighted by molar-refractivity contribution is -0.699. The molecule has 8 heteroatoms. The fourth-order valence-corrected chi connectivity index (χ4v) is 11.3. The second-order valence-corrected chi connectivity index (χ2v) is 17.1. The molecule has 49 heavy (non-hydrogen) atoms. The van der Waals surface area contributed by atoms with Crippen LogP contribution in [0.1, 0.15) is 129 Å². The van der Waals surface area contributed by atoms with Gasteiger partial charge in [-0.05, 0) is 118 Å². The lowest BCUT2D eigenvalue weighted by Gasteiger charge is -2.44. The van der Waals surface area contributed by atoms with Crippen molar-refractivity contribution in [3.05, 3.63) is 0 Å². The van der Waals surface area contributed by atoms with E-state index >= 15 is 0 Å². The summed E-state index contributed by atoms with van der Waals surface area (Å²) in [4.78, 5) is 27.9. The number of carbonyl (C=O) groups is 2. The first-order valence-corrected chi connectivity index (χ1v) is 20.3. The molecule has 278 valence electrons. The summed E-state index contributed by atoms with van der Waals surface area (Å²) >= 11 is 0. The van der Waals surface area contributed by atoms with E-state index in [0.29, 0.717) is 43.4 Å². The summed E-state index contributed by atoms with van der Waals surface area (Å²) in [6, 6.07) is 0. The molecule has 3 saturated carbocycles. The number of hydrogen-bond acceptors (Lipinski definition) is 7. The minimum Gasteiger partial charge on any atom is -0.396 e. The van der Waals surface area contributed by atoms with Gasteiger partial charge in [-0.15, -0.1) is 0 Å². The van der Waals surface area contributed by atoms with Crippen molar-refractivity contribution in [1.82, 2.24) is 0 Å². The van der Waals surface area contributed by atoms with Gasteiger partial charge in [0.15, 0.2) is 0 Å². The van der Waals surface area contributed by atoms with Crippen LogP contribution in [-0.2, 0) is 14.3 Å². The maximum atomic E-state index is 14.3. The van der Waals surface area contributed by atoms with Gasteiger partial charge in [0.1, 0.15) is 17.7 Å². The molecule has 1 heterocycles. The summed E-state index contributed by atoms with van der Waals surface area (Å²) in [5.41, 5.74) is 6.41. The maximum absolute atomic E-state index is 14.3. The van der Waals surface area contributed by atoms with Gasteiger partial charge in [0.2, 0.25) is 0 Å². The summed E-state index contributed by atoms with van der Waals surface area (Å²) in [5.74, 6) is 9.49. The van der Waals surface area contributed by atoms with E-state index in [0.717, 1.165) is 77.2 Å². The third-order valence-corrected chi connectivity index (χ3v) is 13.7. The van der Waals surface area contributed by atoms with Gasteiger partial charge in [0.25, 0.3) is 0 Å². The molecular weight excluding hydrogens is 616 g/mol. The Morgan fingerprint density at radius 3 is 2.45 bits per heavy atom. The highest BCUT2D eigenvalue weighted by molar-refractivity contribution is 6.00. The van der Waals surface area contributed by atoms with Crippen LogP contribution in [0.4, 0.5) is 0 Å². The number of rotatable bonds is 10. The van der Waals surface area contributed by atoms with Crippen molar-refractivity contribution in [1.29, 1.82) is 0 Å². The van der Waals surface area contributed by atoms with Crippen molar-refractivity contribution in [3.63, 3.8) is 0 Å². The van der Waals surface area contributed by atoms with Crippen molar-refractivity contribution in [3.8, 4) is 11.8 Å². The van der Waals surface area contributed by atoms with E-state index < -0.39 is 12.2 Å². The van der Waals surface area contributed by atoms with Crippen LogP contribution in [0.3, 0.4) is 0 Å². The normalized spacial score (nSPS) is 39.6. The lowest BCUT2D eigenvalue weighted by atomic mass is 9.63. The number of hydrogen-bond donors (Lipinski definition) is 5. The Balaban J connectivity index is 1.54. The topological polar surface area (TPSA) is 147 Å². The molecule has 1 saturated heterocycles. The molecule has 5 aliphatic rings. The quantitative estimate of drug-likeness (QED) is 0.170. The summed E-state index contributed by atoms with van der Waals surface area (Å²) < 4.78 is 5.73. The third kappa shape index (κ3) is 10.4. The Morgan fingerprint density at radius 2 is 1.73 bits per heavy atom. The van der Waals surface area contributed by atoms with Crippen LogP contribution in [0.5, 0.6) is 0 Å². The van der Waals surface area contributed by atoms with Gasteiger partial charge in [0, 0.05) is 44.3 Å². The number of piperidine rings is 1. The molecule has 0 amide bonds. The van der Waals surface area contributed by atoms with Crippen molar-refractivity contribution in [2.24, 2.45) is 64.9 Å². The van der Waals surface area contributed by atoms with E-state index in [1.165, 1.54) is 19.3 Å². The van der Waals surface area contributed by atoms with Crippen LogP contribution >= 0.6 is 0 Å². The van der Waals surface area contributed by atoms with Gasteiger partial charge in [-0.3, -0.25) is 15.3 Å². The molecular formula is C41H69N2O6+. The fourth-order valence-electron chi connectivity index (χ4n) is 11.3. The highest BCUT2D eigenvalue weighted by Gasteiger charge is 2.45. The number of quaternary nitrogens is 1. The molecule has 0 radical (unpaired) electrons. The number of aliphatic hydroxyl groups excluding tert-OH is 3. The Labute approximate surface area is 296 Å². The van der Waals surface area contributed by atoms with Crippen LogP contribution in [-0.4, -0.2) is 71.6 Å². The van der Waals surface area contributed by atoms with Gasteiger partial charge in [0.05, 0.1) is 31.3 Å². The van der Waals surface area contributed by atoms with E-state index in [2.05, 4.69) is 24.1 Å². The first kappa shape index (κ1) is 38.9. The minimum atomic E-state index is -0.611. The van der Waals surface area contributed by atoms with Crippen LogP contribution in [0.2, 0.25) is 0 Å². The second-order valence-electron chi connectivity index (χ2n) is 17.1. The van der Waals surface area contributed by atoms with E-state index in [-0.39, 0.29) is 78.3 Å². The molecule has 7 N–H and O–H groups in total. The van der Waals surface area contributed by atoms with Crippen molar-refractivity contribution in [2.45, 2.75) is 153 Å². The third-order valence-electron chi connectivity index (χ3n) is 13.7. The van der Waals surface area contributed by atoms with E-state index in [1.54, 1.807) is 7.11 Å². The molecule has 0 aromatic heterocycles. The Kier molecular flexibility index (Phi) is 15.0. The predicted molar refractivity (Wildman–Crippen MR) is 191 cm³/mol. The van der Waals surface area contributed by atoms with E-state index in [4.69, 9.17) is 10.5 Å². The molecule has 6 unspecified atom stereocenters. The Morgan fingerprint density at radius 1 is 0.939 bits per heavy atom. The zero-order valence-electron chi connectivity index (χ0n) is 30.7. The van der Waals surface area contributed by atoms with Gasteiger partial charge in [-0.25, -0.2) is 0 Å². The van der Waals surface area contributed by atoms with Crippen LogP contribution in [0, 0.1) is 71.0 Å². The summed E-state index contributed by atoms with van der Waals surface area (Å²) in [6.07, 6.45) is 15.0. The van der Waals surface area contributed by atoms with Crippen LogP contribution in [0.25, 0.3) is 0 Å². The van der Waals surface area contributed by atoms with Crippen molar-refractivity contribution in [2.75, 3.05) is 20.3 Å². The summed E-state index contributed by atoms with van der Waals surface area (Å²) in [5, 5.41) is 34.6. The Hall–Kier alpha value is -1.34. The number of aliphatic hydroxyl groups is 3. The molecule has 4 fully saturated rings. The average Bonchev–Trinajstić information content (AvgIpc) is 3.26. The highest BCUT2D eigenvalue weighted by Crippen LogP contribution is 2.47. The van der Waals surface area contributed by atoms with Gasteiger partial charge < -0.3 is 25.4 Å². The summed E-state index contributed by atoms with van der Waals surface area (Å²) in [7, 11) is 1.68. The van der Waals surface area contributed by atoms with Crippen molar-refractivity contribution >= 4 is 11.6 Å². The average molecular weight is 686 g/mol. The van der Waals surface area contributed by atoms with Gasteiger partial charge in [-0.1, -0.05) is 44.4 Å². The second kappa shape index (κ2) is 18.9. The summed E-state index contributed by atoms with van der Waals surface area (Å²) in [6.45, 7) is 3.14. The van der Waals surface area contributed by atoms with Crippen LogP contribution in [0.15, 0.2) is 0 Å². The number of nitrogens with two attached hydrogens (primary N) is 2. The molecule has 8 nitrogen and oxygen atoms in total. The molecule has 0 aromatic carbocycles. The molecule has 5 rings (SSSR count). The number of fused-ring (bicyclic) bond motifs is 2. The number of carbonyl (C=O) groups excluding carboxylic acids is 2. The smallest absolute Gasteiger partial charge is 0.144 e. The zero-order valence-corrected chi connectivity index (χ0v) is 30.7. The molecule has 0 aromatic rings. The molecule has 0 spiro atoms. The predicted octanol–water partition coefficient (Wildman–Crippen LogP) is 4.37. The first-order chi connectivity index (χ1) is 23.7. The number of Topliss-reactive ketones (excluding diaryl/α,β-unsaturated/α-hetero) is 2. The Bertz CT molecular complexity index is 1120. The molecule has 0 bridgehead atoms. The number of ketones is 2. The lowest BCUT2D eigenvalue weighted by Crippen LogP contribution is -2.94. The fraction of sp³-hybridized carbons (Fsp3) is 0.902. The molecule has 13 atom stereocenters. The first-order valence-electron chi connectivity index (χ1n) is 20.3. The molecule has 1 aliphatic heterocycles. The number of methoxy groups -OCH3 is 1. The standard InChI is InChI=1S/C41H68N2O6/c1-3-7-34(37(46)15-17-44)31-20-27(18-26-14-16-43-41(42)21-26)19-29-11-13-33(28-8-5-4-6-9-28)35-25-39(48)40(49-2)23-30(35)10-12-32(45)24-38(47)36(29)22-31/h26-31,33-37,39-41,43-44,46,48H,3-10,12,14-25,42H2,1-2H3/p+1/t26?,27-,29-,30?,31+,33-,34+,35?,36-,37-,39?,40?,41?/m1/s1. The van der Waals surface area contributed by atoms with E-state index in [9.17, 15) is 24.9 Å². The maximum Gasteiger partial charge on any atom is 0.144 e. The molecule has 4 aliphatic carbocycles. The SMILES string of the molecule is CCC[C@@H]([C@H]1C[C@H](CC2CC[NH2+]C(N)C2)C[C@H]2C#C[C@H](C3CCCCC3)C3CC(O)C(OC)CC3CCC(=O)CC(=O)[C@@H]2C1)[C@H](O)CCO. The minimum absolute atomic E-state index is 0.00592. The monoisotopic (exact) mass is 686 g/mol. The van der Waals surface area contributed by atoms with Gasteiger partial charge >= 0.3 is 0 Å². The van der Waals surface area contributed by atoms with Crippen LogP contribution < -0.4 is 11.1 Å². The zero-order chi connectivity index (χ0) is 34.9. The number of ether oxygens (including phenoxy) is 1. The highest BCUT2D eigenvalue weighted by atomic mass is 16.5. The van der Waals surface area contributed by atoms with Crippen molar-refractivity contribution < 1.29 is 35.0 Å².